The van der Waals surface area contributed by atoms with Gasteiger partial charge in [0.05, 0.1) is 6.54 Å². The molecule has 1 aromatic carbocycles. The first-order valence-electron chi connectivity index (χ1n) is 8.67. The van der Waals surface area contributed by atoms with Gasteiger partial charge >= 0.3 is 0 Å². The average molecular weight is 386 g/mol. The number of aromatic nitrogens is 3. The van der Waals surface area contributed by atoms with Gasteiger partial charge in [-0.15, -0.1) is 0 Å². The fraction of sp³-hybridized carbons (Fsp3) is 0.333. The van der Waals surface area contributed by atoms with Crippen molar-refractivity contribution in [1.82, 2.24) is 20.0 Å². The summed E-state index contributed by atoms with van der Waals surface area (Å²) in [5.41, 5.74) is 0.186. The Labute approximate surface area is 160 Å². The van der Waals surface area contributed by atoms with Crippen LogP contribution in [0.4, 0.5) is 0 Å². The van der Waals surface area contributed by atoms with E-state index in [1.807, 2.05) is 6.92 Å². The summed E-state index contributed by atoms with van der Waals surface area (Å²) in [6.07, 6.45) is 1.31. The molecule has 3 aromatic rings. The Morgan fingerprint density at radius 1 is 1.25 bits per heavy atom. The van der Waals surface area contributed by atoms with Crippen molar-refractivity contribution in [2.24, 2.45) is 0 Å². The van der Waals surface area contributed by atoms with E-state index in [1.54, 1.807) is 30.0 Å². The lowest BCUT2D eigenvalue weighted by Gasteiger charge is -2.17. The summed E-state index contributed by atoms with van der Waals surface area (Å²) in [6.45, 7) is 4.50. The van der Waals surface area contributed by atoms with Gasteiger partial charge in [-0.2, -0.15) is 4.98 Å². The van der Waals surface area contributed by atoms with Crippen molar-refractivity contribution < 1.29 is 27.9 Å². The maximum absolute atomic E-state index is 12.6. The minimum absolute atomic E-state index is 0.0725. The summed E-state index contributed by atoms with van der Waals surface area (Å²) < 4.78 is 26.5. The molecule has 1 aliphatic heterocycles. The average Bonchev–Trinajstić information content (AvgIpc) is 3.44. The van der Waals surface area contributed by atoms with Gasteiger partial charge in [0.15, 0.2) is 29.6 Å². The Bertz CT molecular complexity index is 982. The number of rotatable bonds is 7. The first-order chi connectivity index (χ1) is 13.6. The number of nitrogens with zero attached hydrogens (tertiary/aromatic N) is 4. The third kappa shape index (κ3) is 3.75. The molecule has 0 fully saturated rings. The van der Waals surface area contributed by atoms with E-state index in [9.17, 15) is 4.79 Å². The highest BCUT2D eigenvalue weighted by Gasteiger charge is 2.21. The summed E-state index contributed by atoms with van der Waals surface area (Å²) in [4.78, 5) is 22.5. The number of fused-ring (bicyclic) bond motifs is 1. The summed E-state index contributed by atoms with van der Waals surface area (Å²) in [6, 6.07) is 5.25. The van der Waals surface area contributed by atoms with Gasteiger partial charge in [-0.05, 0) is 19.1 Å². The van der Waals surface area contributed by atoms with E-state index < -0.39 is 0 Å². The van der Waals surface area contributed by atoms with Crippen molar-refractivity contribution in [2.45, 2.75) is 27.0 Å². The largest absolute Gasteiger partial charge is 0.484 e. The number of ether oxygens (including phenoxy) is 3. The first kappa shape index (κ1) is 17.8. The molecule has 0 saturated carbocycles. The molecular weight excluding hydrogens is 368 g/mol. The van der Waals surface area contributed by atoms with E-state index in [4.69, 9.17) is 23.2 Å². The number of carbonyl (C=O) groups is 1. The zero-order valence-corrected chi connectivity index (χ0v) is 15.4. The van der Waals surface area contributed by atoms with Gasteiger partial charge in [0.1, 0.15) is 12.0 Å². The highest BCUT2D eigenvalue weighted by molar-refractivity contribution is 5.91. The second kappa shape index (κ2) is 7.59. The predicted molar refractivity (Wildman–Crippen MR) is 92.8 cm³/mol. The van der Waals surface area contributed by atoms with Crippen molar-refractivity contribution in [3.63, 3.8) is 0 Å². The Morgan fingerprint density at radius 3 is 2.89 bits per heavy atom. The summed E-state index contributed by atoms with van der Waals surface area (Å²) in [5.74, 6) is 2.75. The summed E-state index contributed by atoms with van der Waals surface area (Å²) in [5, 5.41) is 3.81. The normalized spacial score (nSPS) is 12.2. The molecule has 1 amide bonds. The molecule has 146 valence electrons. The van der Waals surface area contributed by atoms with Crippen LogP contribution >= 0.6 is 0 Å². The first-order valence-corrected chi connectivity index (χ1v) is 8.67. The van der Waals surface area contributed by atoms with Crippen molar-refractivity contribution in [2.75, 3.05) is 13.3 Å². The van der Waals surface area contributed by atoms with E-state index >= 15 is 0 Å². The van der Waals surface area contributed by atoms with Gasteiger partial charge in [-0.25, -0.2) is 4.98 Å². The second-order valence-corrected chi connectivity index (χ2v) is 5.98. The van der Waals surface area contributed by atoms with Crippen LogP contribution in [0.2, 0.25) is 0 Å². The number of aryl methyl sites for hydroxylation is 1. The minimum Gasteiger partial charge on any atom is -0.484 e. The lowest BCUT2D eigenvalue weighted by atomic mass is 10.3. The van der Waals surface area contributed by atoms with Crippen molar-refractivity contribution in [3.8, 4) is 17.2 Å². The van der Waals surface area contributed by atoms with E-state index in [0.717, 1.165) is 0 Å². The van der Waals surface area contributed by atoms with Gasteiger partial charge in [-0.3, -0.25) is 4.79 Å². The third-order valence-electron chi connectivity index (χ3n) is 4.05. The van der Waals surface area contributed by atoms with Crippen LogP contribution in [0.1, 0.15) is 35.0 Å². The van der Waals surface area contributed by atoms with Crippen LogP contribution in [0.5, 0.6) is 17.2 Å². The zero-order chi connectivity index (χ0) is 19.5. The molecule has 10 nitrogen and oxygen atoms in total. The smallest absolute Gasteiger partial charge is 0.276 e. The monoisotopic (exact) mass is 386 g/mol. The molecule has 3 heterocycles. The summed E-state index contributed by atoms with van der Waals surface area (Å²) in [7, 11) is 0. The number of hydrogen-bond acceptors (Lipinski definition) is 9. The molecule has 0 bridgehead atoms. The molecule has 2 aromatic heterocycles. The molecule has 4 rings (SSSR count). The molecule has 0 spiro atoms. The van der Waals surface area contributed by atoms with E-state index in [1.165, 1.54) is 6.26 Å². The van der Waals surface area contributed by atoms with Gasteiger partial charge in [0, 0.05) is 19.5 Å². The van der Waals surface area contributed by atoms with E-state index in [-0.39, 0.29) is 37.4 Å². The number of benzene rings is 1. The number of hydrogen-bond donors (Lipinski definition) is 0. The van der Waals surface area contributed by atoms with Crippen molar-refractivity contribution >= 4 is 5.91 Å². The van der Waals surface area contributed by atoms with Crippen LogP contribution < -0.4 is 14.2 Å². The van der Waals surface area contributed by atoms with Crippen molar-refractivity contribution in [1.29, 1.82) is 0 Å². The molecule has 1 aliphatic rings. The van der Waals surface area contributed by atoms with Gasteiger partial charge in [0.2, 0.25) is 18.6 Å². The molecule has 0 unspecified atom stereocenters. The van der Waals surface area contributed by atoms with Gasteiger partial charge in [-0.1, -0.05) is 5.16 Å². The standard InChI is InChI=1S/C18H18N4O6/c1-3-22(7-16-19-11(2)28-21-16)18(23)13-8-25-17(20-13)9-24-12-4-5-14-15(6-12)27-10-26-14/h4-6,8H,3,7,9-10H2,1-2H3. The predicted octanol–water partition coefficient (Wildman–Crippen LogP) is 2.34. The topological polar surface area (TPSA) is 113 Å². The van der Waals surface area contributed by atoms with E-state index in [2.05, 4.69) is 15.1 Å². The van der Waals surface area contributed by atoms with Crippen LogP contribution in [0.25, 0.3) is 0 Å². The highest BCUT2D eigenvalue weighted by atomic mass is 16.7. The molecule has 0 atom stereocenters. The van der Waals surface area contributed by atoms with E-state index in [0.29, 0.717) is 35.5 Å². The molecule has 0 N–H and O–H groups in total. The van der Waals surface area contributed by atoms with Gasteiger partial charge in [0.25, 0.3) is 5.91 Å². The van der Waals surface area contributed by atoms with Gasteiger partial charge < -0.3 is 28.1 Å². The Hall–Kier alpha value is -3.56. The van der Waals surface area contributed by atoms with Crippen LogP contribution in [-0.4, -0.2) is 39.3 Å². The summed E-state index contributed by atoms with van der Waals surface area (Å²) >= 11 is 0. The Morgan fingerprint density at radius 2 is 2.11 bits per heavy atom. The number of carbonyl (C=O) groups excluding carboxylic acids is 1. The number of amides is 1. The SMILES string of the molecule is CCN(Cc1noc(C)n1)C(=O)c1coc(COc2ccc3c(c2)OCO3)n1. The Kier molecular flexibility index (Phi) is 4.83. The van der Waals surface area contributed by atoms with Crippen LogP contribution in [0.15, 0.2) is 33.4 Å². The molecule has 28 heavy (non-hydrogen) atoms. The molecule has 10 heteroatoms. The minimum atomic E-state index is -0.289. The van der Waals surface area contributed by atoms with Crippen LogP contribution in [-0.2, 0) is 13.2 Å². The molecule has 0 radical (unpaired) electrons. The lowest BCUT2D eigenvalue weighted by Crippen LogP contribution is -2.31. The second-order valence-electron chi connectivity index (χ2n) is 5.98. The molecular formula is C18H18N4O6. The lowest BCUT2D eigenvalue weighted by molar-refractivity contribution is 0.0741. The fourth-order valence-electron chi connectivity index (χ4n) is 2.65. The van der Waals surface area contributed by atoms with Crippen LogP contribution in [0, 0.1) is 6.92 Å². The van der Waals surface area contributed by atoms with Crippen LogP contribution in [0.3, 0.4) is 0 Å². The fourth-order valence-corrected chi connectivity index (χ4v) is 2.65. The Balaban J connectivity index is 1.38. The maximum atomic E-state index is 12.6. The number of oxazole rings is 1. The molecule has 0 saturated heterocycles. The molecule has 0 aliphatic carbocycles. The highest BCUT2D eigenvalue weighted by Crippen LogP contribution is 2.35. The van der Waals surface area contributed by atoms with Crippen molar-refractivity contribution in [3.05, 3.63) is 47.8 Å². The maximum Gasteiger partial charge on any atom is 0.276 e. The third-order valence-corrected chi connectivity index (χ3v) is 4.05. The quantitative estimate of drug-likeness (QED) is 0.603. The zero-order valence-electron chi connectivity index (χ0n) is 15.4.